The molecular formula is C30H63O5P. The van der Waals surface area contributed by atoms with Gasteiger partial charge in [0, 0.05) is 6.61 Å². The molecule has 1 N–H and O–H groups in total. The Morgan fingerprint density at radius 2 is 0.861 bits per heavy atom. The molecule has 0 aromatic carbocycles. The van der Waals surface area contributed by atoms with Crippen molar-refractivity contribution >= 4 is 7.82 Å². The predicted molar refractivity (Wildman–Crippen MR) is 155 cm³/mol. The van der Waals surface area contributed by atoms with Crippen LogP contribution in [0.4, 0.5) is 0 Å². The summed E-state index contributed by atoms with van der Waals surface area (Å²) in [5.41, 5.74) is 0. The molecule has 218 valence electrons. The molecule has 3 atom stereocenters. The van der Waals surface area contributed by atoms with Gasteiger partial charge in [0.25, 0.3) is 0 Å². The van der Waals surface area contributed by atoms with Gasteiger partial charge in [-0.05, 0) is 26.7 Å². The fraction of sp³-hybridized carbons (Fsp3) is 1.00. The van der Waals surface area contributed by atoms with Crippen LogP contribution in [0.5, 0.6) is 0 Å². The lowest BCUT2D eigenvalue weighted by atomic mass is 10.1. The van der Waals surface area contributed by atoms with Crippen molar-refractivity contribution in [2.24, 2.45) is 0 Å². The van der Waals surface area contributed by atoms with Crippen molar-refractivity contribution in [2.45, 2.75) is 181 Å². The van der Waals surface area contributed by atoms with E-state index >= 15 is 0 Å². The van der Waals surface area contributed by atoms with E-state index in [0.29, 0.717) is 6.61 Å². The van der Waals surface area contributed by atoms with E-state index in [1.54, 1.807) is 6.92 Å². The van der Waals surface area contributed by atoms with Crippen LogP contribution < -0.4 is 0 Å². The number of hydrogen-bond acceptors (Lipinski definition) is 4. The van der Waals surface area contributed by atoms with E-state index in [9.17, 15) is 9.46 Å². The molecule has 0 aliphatic heterocycles. The summed E-state index contributed by atoms with van der Waals surface area (Å²) in [5, 5.41) is 0. The zero-order chi connectivity index (χ0) is 26.7. The molecule has 0 heterocycles. The Balaban J connectivity index is 3.59. The first-order chi connectivity index (χ1) is 17.4. The monoisotopic (exact) mass is 534 g/mol. The SMILES string of the molecule is CCCCCCCCCCCCCOC(C)C(C)OP(=O)(O)OCCCCCCCCCCCCC. The first-order valence-corrected chi connectivity index (χ1v) is 17.2. The standard InChI is InChI=1S/C30H63O5P/c1-5-7-9-11-13-15-17-19-21-23-25-27-33-29(3)30(4)35-36(31,32)34-28-26-24-22-20-18-16-14-12-10-8-6-2/h29-30H,5-28H2,1-4H3,(H,31,32). The highest BCUT2D eigenvalue weighted by molar-refractivity contribution is 7.47. The number of phosphoric ester groups is 1. The van der Waals surface area contributed by atoms with Crippen LogP contribution >= 0.6 is 7.82 Å². The molecule has 0 aromatic heterocycles. The minimum absolute atomic E-state index is 0.237. The van der Waals surface area contributed by atoms with Crippen LogP contribution in [0.1, 0.15) is 169 Å². The lowest BCUT2D eigenvalue weighted by molar-refractivity contribution is -0.0226. The summed E-state index contributed by atoms with van der Waals surface area (Å²) in [6.07, 6.45) is 27.3. The second-order valence-electron chi connectivity index (χ2n) is 10.8. The number of rotatable bonds is 29. The third kappa shape index (κ3) is 25.7. The minimum atomic E-state index is -4.03. The molecule has 0 saturated carbocycles. The molecular weight excluding hydrogens is 471 g/mol. The van der Waals surface area contributed by atoms with Crippen LogP contribution in [0.3, 0.4) is 0 Å². The van der Waals surface area contributed by atoms with E-state index in [0.717, 1.165) is 25.7 Å². The minimum Gasteiger partial charge on any atom is -0.376 e. The van der Waals surface area contributed by atoms with Gasteiger partial charge < -0.3 is 9.63 Å². The molecule has 0 amide bonds. The second kappa shape index (κ2) is 26.7. The van der Waals surface area contributed by atoms with E-state index in [-0.39, 0.29) is 12.7 Å². The molecule has 5 nitrogen and oxygen atoms in total. The average Bonchev–Trinajstić information content (AvgIpc) is 2.84. The normalized spacial score (nSPS) is 15.1. The van der Waals surface area contributed by atoms with Crippen molar-refractivity contribution in [1.82, 2.24) is 0 Å². The van der Waals surface area contributed by atoms with Crippen LogP contribution in [0, 0.1) is 0 Å². The lowest BCUT2D eigenvalue weighted by Crippen LogP contribution is -2.26. The number of phosphoric acid groups is 1. The number of ether oxygens (including phenoxy) is 1. The molecule has 0 spiro atoms. The van der Waals surface area contributed by atoms with Gasteiger partial charge in [-0.15, -0.1) is 0 Å². The van der Waals surface area contributed by atoms with Gasteiger partial charge in [-0.3, -0.25) is 9.05 Å². The molecule has 0 rings (SSSR count). The highest BCUT2D eigenvalue weighted by atomic mass is 31.2. The van der Waals surface area contributed by atoms with Crippen LogP contribution in [0.15, 0.2) is 0 Å². The van der Waals surface area contributed by atoms with E-state index in [4.69, 9.17) is 13.8 Å². The Labute approximate surface area is 225 Å². The van der Waals surface area contributed by atoms with Crippen molar-refractivity contribution in [3.8, 4) is 0 Å². The second-order valence-corrected chi connectivity index (χ2v) is 12.2. The summed E-state index contributed by atoms with van der Waals surface area (Å²) in [6.45, 7) is 9.13. The Kier molecular flexibility index (Phi) is 26.7. The van der Waals surface area contributed by atoms with Gasteiger partial charge in [-0.2, -0.15) is 0 Å². The van der Waals surface area contributed by atoms with E-state index in [1.807, 2.05) is 6.92 Å². The van der Waals surface area contributed by atoms with Gasteiger partial charge in [-0.1, -0.05) is 142 Å². The Hall–Kier alpha value is 0.0700. The fourth-order valence-corrected chi connectivity index (χ4v) is 5.46. The van der Waals surface area contributed by atoms with Gasteiger partial charge in [0.2, 0.25) is 0 Å². The van der Waals surface area contributed by atoms with Crippen molar-refractivity contribution in [1.29, 1.82) is 0 Å². The molecule has 0 aromatic rings. The molecule has 36 heavy (non-hydrogen) atoms. The average molecular weight is 535 g/mol. The van der Waals surface area contributed by atoms with E-state index < -0.39 is 13.9 Å². The third-order valence-corrected chi connectivity index (χ3v) is 8.20. The van der Waals surface area contributed by atoms with E-state index in [1.165, 1.54) is 116 Å². The molecule has 3 unspecified atom stereocenters. The topological polar surface area (TPSA) is 65.0 Å². The fourth-order valence-electron chi connectivity index (χ4n) is 4.44. The molecule has 6 heteroatoms. The highest BCUT2D eigenvalue weighted by Gasteiger charge is 2.27. The summed E-state index contributed by atoms with van der Waals surface area (Å²) in [6, 6.07) is 0. The maximum atomic E-state index is 12.2. The number of unbranched alkanes of at least 4 members (excludes halogenated alkanes) is 20. The van der Waals surface area contributed by atoms with Crippen LogP contribution in [-0.2, 0) is 18.3 Å². The molecule has 0 bridgehead atoms. The van der Waals surface area contributed by atoms with Crippen molar-refractivity contribution in [2.75, 3.05) is 13.2 Å². The maximum Gasteiger partial charge on any atom is 0.472 e. The third-order valence-electron chi connectivity index (χ3n) is 7.09. The predicted octanol–water partition coefficient (Wildman–Crippen LogP) is 10.5. The van der Waals surface area contributed by atoms with Crippen LogP contribution in [0.25, 0.3) is 0 Å². The summed E-state index contributed by atoms with van der Waals surface area (Å²) in [5.74, 6) is 0. The number of hydrogen-bond donors (Lipinski definition) is 1. The first-order valence-electron chi connectivity index (χ1n) is 15.7. The quantitative estimate of drug-likeness (QED) is 0.0763. The lowest BCUT2D eigenvalue weighted by Gasteiger charge is -2.23. The summed E-state index contributed by atoms with van der Waals surface area (Å²) in [7, 11) is -4.03. The van der Waals surface area contributed by atoms with Gasteiger partial charge >= 0.3 is 7.82 Å². The summed E-state index contributed by atoms with van der Waals surface area (Å²) >= 11 is 0. The largest absolute Gasteiger partial charge is 0.472 e. The summed E-state index contributed by atoms with van der Waals surface area (Å²) in [4.78, 5) is 10.0. The smallest absolute Gasteiger partial charge is 0.376 e. The molecule has 0 radical (unpaired) electrons. The molecule has 0 saturated heterocycles. The Morgan fingerprint density at radius 1 is 0.528 bits per heavy atom. The Bertz CT molecular complexity index is 488. The molecule has 0 fully saturated rings. The van der Waals surface area contributed by atoms with Gasteiger partial charge in [0.05, 0.1) is 18.8 Å². The summed E-state index contributed by atoms with van der Waals surface area (Å²) < 4.78 is 28.6. The maximum absolute atomic E-state index is 12.2. The van der Waals surface area contributed by atoms with Gasteiger partial charge in [-0.25, -0.2) is 4.57 Å². The van der Waals surface area contributed by atoms with Gasteiger partial charge in [0.15, 0.2) is 0 Å². The zero-order valence-electron chi connectivity index (χ0n) is 24.7. The first kappa shape index (κ1) is 36.1. The molecule has 0 aliphatic rings. The van der Waals surface area contributed by atoms with Gasteiger partial charge in [0.1, 0.15) is 0 Å². The molecule has 0 aliphatic carbocycles. The van der Waals surface area contributed by atoms with Crippen LogP contribution in [-0.4, -0.2) is 30.3 Å². The zero-order valence-corrected chi connectivity index (χ0v) is 25.5. The highest BCUT2D eigenvalue weighted by Crippen LogP contribution is 2.45. The van der Waals surface area contributed by atoms with Crippen molar-refractivity contribution in [3.05, 3.63) is 0 Å². The van der Waals surface area contributed by atoms with Crippen molar-refractivity contribution < 1.29 is 23.2 Å². The van der Waals surface area contributed by atoms with Crippen molar-refractivity contribution in [3.63, 3.8) is 0 Å². The van der Waals surface area contributed by atoms with E-state index in [2.05, 4.69) is 13.8 Å². The van der Waals surface area contributed by atoms with Crippen LogP contribution in [0.2, 0.25) is 0 Å². The Morgan fingerprint density at radius 3 is 1.25 bits per heavy atom.